The molecule has 1 aromatic rings. The van der Waals surface area contributed by atoms with Crippen LogP contribution in [-0.2, 0) is 17.6 Å². The monoisotopic (exact) mass is 188 g/mol. The summed E-state index contributed by atoms with van der Waals surface area (Å²) in [5.41, 5.74) is 3.14. The molecule has 3 rings (SSSR count). The fourth-order valence-corrected chi connectivity index (χ4v) is 2.55. The van der Waals surface area contributed by atoms with Gasteiger partial charge in [-0.05, 0) is 42.7 Å². The third-order valence-corrected chi connectivity index (χ3v) is 3.45. The van der Waals surface area contributed by atoms with Gasteiger partial charge in [-0.2, -0.15) is 0 Å². The van der Waals surface area contributed by atoms with E-state index >= 15 is 0 Å². The summed E-state index contributed by atoms with van der Waals surface area (Å²) in [6.45, 7) is 1.01. The molecule has 1 saturated heterocycles. The van der Waals surface area contributed by atoms with Gasteiger partial charge in [0.25, 0.3) is 0 Å². The van der Waals surface area contributed by atoms with E-state index in [1.54, 1.807) is 11.1 Å². The van der Waals surface area contributed by atoms with Crippen LogP contribution in [0.5, 0.6) is 0 Å². The molecule has 1 aliphatic heterocycles. The first-order valence-corrected chi connectivity index (χ1v) is 5.60. The molecule has 1 fully saturated rings. The van der Waals surface area contributed by atoms with Crippen LogP contribution in [0.2, 0.25) is 0 Å². The molecule has 74 valence electrons. The van der Waals surface area contributed by atoms with Gasteiger partial charge in [-0.1, -0.05) is 24.3 Å². The van der Waals surface area contributed by atoms with Gasteiger partial charge in [0.1, 0.15) is 0 Å². The van der Waals surface area contributed by atoms with E-state index in [1.807, 2.05) is 0 Å². The van der Waals surface area contributed by atoms with Crippen LogP contribution in [0.3, 0.4) is 0 Å². The molecule has 2 aliphatic rings. The fraction of sp³-hybridized carbons (Fsp3) is 0.538. The summed E-state index contributed by atoms with van der Waals surface area (Å²) in [7, 11) is 0. The SMILES string of the molecule is c1ccc2c(c1)CC[C@@H](C[C@H]1CO1)C2. The zero-order chi connectivity index (χ0) is 9.38. The number of ether oxygens (including phenoxy) is 1. The van der Waals surface area contributed by atoms with Crippen molar-refractivity contribution in [1.29, 1.82) is 0 Å². The highest BCUT2D eigenvalue weighted by Gasteiger charge is 2.28. The average Bonchev–Trinajstić information content (AvgIpc) is 3.02. The Bertz CT molecular complexity index is 328. The van der Waals surface area contributed by atoms with E-state index in [0.29, 0.717) is 6.10 Å². The van der Waals surface area contributed by atoms with Gasteiger partial charge < -0.3 is 4.74 Å². The molecule has 0 saturated carbocycles. The molecular weight excluding hydrogens is 172 g/mol. The topological polar surface area (TPSA) is 12.5 Å². The minimum atomic E-state index is 0.602. The van der Waals surface area contributed by atoms with Crippen molar-refractivity contribution in [3.63, 3.8) is 0 Å². The minimum absolute atomic E-state index is 0.602. The first-order chi connectivity index (χ1) is 6.92. The Morgan fingerprint density at radius 1 is 1.21 bits per heavy atom. The van der Waals surface area contributed by atoms with Crippen LogP contribution in [0.25, 0.3) is 0 Å². The van der Waals surface area contributed by atoms with Crippen molar-refractivity contribution < 1.29 is 4.74 Å². The molecule has 1 aromatic carbocycles. The molecule has 0 amide bonds. The molecule has 1 aliphatic carbocycles. The van der Waals surface area contributed by atoms with Crippen LogP contribution < -0.4 is 0 Å². The van der Waals surface area contributed by atoms with E-state index in [-0.39, 0.29) is 0 Å². The molecule has 1 heteroatoms. The Hall–Kier alpha value is -0.820. The molecule has 0 spiro atoms. The van der Waals surface area contributed by atoms with Crippen molar-refractivity contribution in [3.8, 4) is 0 Å². The Morgan fingerprint density at radius 2 is 2.00 bits per heavy atom. The van der Waals surface area contributed by atoms with Crippen LogP contribution >= 0.6 is 0 Å². The number of hydrogen-bond acceptors (Lipinski definition) is 1. The van der Waals surface area contributed by atoms with Crippen LogP contribution in [0.4, 0.5) is 0 Å². The number of rotatable bonds is 2. The lowest BCUT2D eigenvalue weighted by molar-refractivity contribution is 0.333. The van der Waals surface area contributed by atoms with Crippen molar-refractivity contribution in [2.24, 2.45) is 5.92 Å². The van der Waals surface area contributed by atoms with Gasteiger partial charge in [-0.3, -0.25) is 0 Å². The summed E-state index contributed by atoms with van der Waals surface area (Å²) < 4.78 is 5.30. The summed E-state index contributed by atoms with van der Waals surface area (Å²) in [6, 6.07) is 8.88. The van der Waals surface area contributed by atoms with E-state index < -0.39 is 0 Å². The summed E-state index contributed by atoms with van der Waals surface area (Å²) in [6.07, 6.45) is 5.79. The quantitative estimate of drug-likeness (QED) is 0.650. The summed E-state index contributed by atoms with van der Waals surface area (Å²) >= 11 is 0. The first kappa shape index (κ1) is 8.49. The number of fused-ring (bicyclic) bond motifs is 1. The largest absolute Gasteiger partial charge is 0.373 e. The van der Waals surface area contributed by atoms with E-state index in [2.05, 4.69) is 24.3 Å². The van der Waals surface area contributed by atoms with Crippen molar-refractivity contribution in [3.05, 3.63) is 35.4 Å². The number of aryl methyl sites for hydroxylation is 1. The van der Waals surface area contributed by atoms with E-state index in [0.717, 1.165) is 12.5 Å². The maximum atomic E-state index is 5.30. The Morgan fingerprint density at radius 3 is 2.79 bits per heavy atom. The van der Waals surface area contributed by atoms with E-state index in [9.17, 15) is 0 Å². The van der Waals surface area contributed by atoms with Gasteiger partial charge in [-0.25, -0.2) is 0 Å². The van der Waals surface area contributed by atoms with Gasteiger partial charge in [0.2, 0.25) is 0 Å². The third kappa shape index (κ3) is 1.69. The zero-order valence-electron chi connectivity index (χ0n) is 8.41. The van der Waals surface area contributed by atoms with Gasteiger partial charge in [0, 0.05) is 0 Å². The minimum Gasteiger partial charge on any atom is -0.373 e. The highest BCUT2D eigenvalue weighted by Crippen LogP contribution is 2.31. The standard InChI is InChI=1S/C13H16O/c1-2-4-12-7-10(8-13-9-14-13)5-6-11(12)3-1/h1-4,10,13H,5-9H2/t10-,13+/m1/s1. The van der Waals surface area contributed by atoms with Gasteiger partial charge in [-0.15, -0.1) is 0 Å². The van der Waals surface area contributed by atoms with Gasteiger partial charge in [0.15, 0.2) is 0 Å². The van der Waals surface area contributed by atoms with Crippen molar-refractivity contribution in [2.45, 2.75) is 31.8 Å². The van der Waals surface area contributed by atoms with Crippen LogP contribution in [0.15, 0.2) is 24.3 Å². The Labute approximate surface area is 85.1 Å². The predicted molar refractivity (Wildman–Crippen MR) is 56.3 cm³/mol. The van der Waals surface area contributed by atoms with Crippen LogP contribution in [0, 0.1) is 5.92 Å². The first-order valence-electron chi connectivity index (χ1n) is 5.60. The molecule has 0 N–H and O–H groups in total. The second-order valence-electron chi connectivity index (χ2n) is 4.57. The number of benzene rings is 1. The van der Waals surface area contributed by atoms with Crippen LogP contribution in [0.1, 0.15) is 24.0 Å². The molecular formula is C13H16O. The fourth-order valence-electron chi connectivity index (χ4n) is 2.55. The molecule has 14 heavy (non-hydrogen) atoms. The lowest BCUT2D eigenvalue weighted by Crippen LogP contribution is -2.15. The van der Waals surface area contributed by atoms with Gasteiger partial charge in [0.05, 0.1) is 12.7 Å². The molecule has 1 nitrogen and oxygen atoms in total. The average molecular weight is 188 g/mol. The molecule has 2 atom stereocenters. The summed E-state index contributed by atoms with van der Waals surface area (Å²) in [5, 5.41) is 0. The summed E-state index contributed by atoms with van der Waals surface area (Å²) in [4.78, 5) is 0. The lowest BCUT2D eigenvalue weighted by atomic mass is 9.82. The second kappa shape index (κ2) is 3.39. The van der Waals surface area contributed by atoms with E-state index in [4.69, 9.17) is 4.74 Å². The Kier molecular flexibility index (Phi) is 2.06. The highest BCUT2D eigenvalue weighted by atomic mass is 16.6. The Balaban J connectivity index is 1.72. The second-order valence-corrected chi connectivity index (χ2v) is 4.57. The molecule has 1 heterocycles. The summed E-state index contributed by atoms with van der Waals surface area (Å²) in [5.74, 6) is 0.873. The van der Waals surface area contributed by atoms with Crippen LogP contribution in [-0.4, -0.2) is 12.7 Å². The molecule has 0 bridgehead atoms. The van der Waals surface area contributed by atoms with E-state index in [1.165, 1.54) is 25.7 Å². The van der Waals surface area contributed by atoms with Gasteiger partial charge >= 0.3 is 0 Å². The smallest absolute Gasteiger partial charge is 0.0812 e. The number of hydrogen-bond donors (Lipinski definition) is 0. The molecule has 0 radical (unpaired) electrons. The van der Waals surface area contributed by atoms with Crippen molar-refractivity contribution in [1.82, 2.24) is 0 Å². The zero-order valence-corrected chi connectivity index (χ0v) is 8.41. The van der Waals surface area contributed by atoms with Crippen molar-refractivity contribution >= 4 is 0 Å². The normalized spacial score (nSPS) is 29.7. The lowest BCUT2D eigenvalue weighted by Gasteiger charge is -2.23. The predicted octanol–water partition coefficient (Wildman–Crippen LogP) is 2.58. The molecule has 0 unspecified atom stereocenters. The highest BCUT2D eigenvalue weighted by molar-refractivity contribution is 5.29. The molecule has 0 aromatic heterocycles. The number of epoxide rings is 1. The maximum Gasteiger partial charge on any atom is 0.0812 e. The maximum absolute atomic E-state index is 5.30. The van der Waals surface area contributed by atoms with Crippen molar-refractivity contribution in [2.75, 3.05) is 6.61 Å². The third-order valence-electron chi connectivity index (χ3n) is 3.45.